The maximum absolute atomic E-state index is 12.5. The fourth-order valence-electron chi connectivity index (χ4n) is 3.03. The lowest BCUT2D eigenvalue weighted by Crippen LogP contribution is -2.48. The molecule has 0 aromatic carbocycles. The Morgan fingerprint density at radius 3 is 2.38 bits per heavy atom. The molecule has 1 heterocycles. The highest BCUT2D eigenvalue weighted by Crippen LogP contribution is 2.11. The first-order chi connectivity index (χ1) is 10.0. The first-order valence-corrected chi connectivity index (χ1v) is 8.48. The summed E-state index contributed by atoms with van der Waals surface area (Å²) in [6, 6.07) is -0.00298. The van der Waals surface area contributed by atoms with E-state index < -0.39 is 0 Å². The SMILES string of the molecule is CCN(CC)C(=O)C(C)N1CCCN(CC(C)CN)CC1. The molecule has 1 aliphatic rings. The number of amides is 1. The van der Waals surface area contributed by atoms with E-state index in [-0.39, 0.29) is 11.9 Å². The zero-order valence-corrected chi connectivity index (χ0v) is 14.3. The molecule has 0 radical (unpaired) electrons. The van der Waals surface area contributed by atoms with E-state index >= 15 is 0 Å². The average Bonchev–Trinajstić information content (AvgIpc) is 2.73. The molecule has 124 valence electrons. The number of carbonyl (C=O) groups is 1. The van der Waals surface area contributed by atoms with E-state index in [1.807, 2.05) is 18.7 Å². The van der Waals surface area contributed by atoms with E-state index in [9.17, 15) is 4.79 Å². The van der Waals surface area contributed by atoms with Gasteiger partial charge in [0.2, 0.25) is 5.91 Å². The van der Waals surface area contributed by atoms with Crippen LogP contribution in [0.1, 0.15) is 34.1 Å². The summed E-state index contributed by atoms with van der Waals surface area (Å²) < 4.78 is 0. The minimum atomic E-state index is -0.00298. The molecule has 2 unspecified atom stereocenters. The number of likely N-dealkylation sites (N-methyl/N-ethyl adjacent to an activating group) is 1. The molecule has 0 aromatic rings. The van der Waals surface area contributed by atoms with Crippen molar-refractivity contribution in [2.45, 2.75) is 40.2 Å². The number of rotatable bonds is 7. The highest BCUT2D eigenvalue weighted by atomic mass is 16.2. The van der Waals surface area contributed by atoms with Gasteiger partial charge < -0.3 is 15.5 Å². The number of nitrogens with zero attached hydrogens (tertiary/aromatic N) is 3. The normalized spacial score (nSPS) is 20.8. The summed E-state index contributed by atoms with van der Waals surface area (Å²) in [4.78, 5) is 19.2. The Balaban J connectivity index is 2.52. The van der Waals surface area contributed by atoms with Crippen LogP contribution in [0.15, 0.2) is 0 Å². The number of nitrogens with two attached hydrogens (primary N) is 1. The molecule has 5 heteroatoms. The molecule has 2 atom stereocenters. The largest absolute Gasteiger partial charge is 0.342 e. The molecule has 1 aliphatic heterocycles. The third kappa shape index (κ3) is 5.57. The lowest BCUT2D eigenvalue weighted by molar-refractivity contribution is -0.136. The second-order valence-corrected chi connectivity index (χ2v) is 6.22. The average molecular weight is 298 g/mol. The van der Waals surface area contributed by atoms with E-state index in [0.29, 0.717) is 5.92 Å². The fraction of sp³-hybridized carbons (Fsp3) is 0.938. The molecule has 21 heavy (non-hydrogen) atoms. The van der Waals surface area contributed by atoms with Gasteiger partial charge in [-0.25, -0.2) is 0 Å². The highest BCUT2D eigenvalue weighted by molar-refractivity contribution is 5.81. The molecule has 0 spiro atoms. The van der Waals surface area contributed by atoms with E-state index in [4.69, 9.17) is 5.73 Å². The second-order valence-electron chi connectivity index (χ2n) is 6.22. The van der Waals surface area contributed by atoms with Gasteiger partial charge >= 0.3 is 0 Å². The topological polar surface area (TPSA) is 52.8 Å². The summed E-state index contributed by atoms with van der Waals surface area (Å²) >= 11 is 0. The second kappa shape index (κ2) is 9.38. The monoisotopic (exact) mass is 298 g/mol. The first kappa shape index (κ1) is 18.4. The van der Waals surface area contributed by atoms with Crippen LogP contribution in [-0.2, 0) is 4.79 Å². The quantitative estimate of drug-likeness (QED) is 0.757. The minimum Gasteiger partial charge on any atom is -0.342 e. The number of carbonyl (C=O) groups excluding carboxylic acids is 1. The van der Waals surface area contributed by atoms with Crippen LogP contribution in [0.4, 0.5) is 0 Å². The van der Waals surface area contributed by atoms with Crippen molar-refractivity contribution in [1.82, 2.24) is 14.7 Å². The van der Waals surface area contributed by atoms with Crippen LogP contribution in [0.25, 0.3) is 0 Å². The van der Waals surface area contributed by atoms with Gasteiger partial charge in [0.1, 0.15) is 0 Å². The molecule has 1 saturated heterocycles. The van der Waals surface area contributed by atoms with Crippen molar-refractivity contribution in [3.63, 3.8) is 0 Å². The van der Waals surface area contributed by atoms with Gasteiger partial charge in [0.15, 0.2) is 0 Å². The molecule has 1 rings (SSSR count). The van der Waals surface area contributed by atoms with Crippen molar-refractivity contribution in [1.29, 1.82) is 0 Å². The van der Waals surface area contributed by atoms with Crippen molar-refractivity contribution >= 4 is 5.91 Å². The van der Waals surface area contributed by atoms with Gasteiger partial charge in [-0.3, -0.25) is 9.69 Å². The van der Waals surface area contributed by atoms with Crippen LogP contribution in [0.2, 0.25) is 0 Å². The predicted molar refractivity (Wildman–Crippen MR) is 88.2 cm³/mol. The fourth-order valence-corrected chi connectivity index (χ4v) is 3.03. The van der Waals surface area contributed by atoms with Gasteiger partial charge in [-0.05, 0) is 46.2 Å². The van der Waals surface area contributed by atoms with Crippen molar-refractivity contribution in [2.75, 3.05) is 52.4 Å². The van der Waals surface area contributed by atoms with E-state index in [1.165, 1.54) is 0 Å². The zero-order chi connectivity index (χ0) is 15.8. The maximum atomic E-state index is 12.5. The summed E-state index contributed by atoms with van der Waals surface area (Å²) in [6.07, 6.45) is 1.13. The number of hydrogen-bond donors (Lipinski definition) is 1. The standard InChI is InChI=1S/C16H34N4O/c1-5-19(6-2)16(21)15(4)20-9-7-8-18(10-11-20)13-14(3)12-17/h14-15H,5-13,17H2,1-4H3. The van der Waals surface area contributed by atoms with E-state index in [0.717, 1.165) is 58.8 Å². The third-order valence-corrected chi connectivity index (χ3v) is 4.58. The molecule has 0 aliphatic carbocycles. The summed E-state index contributed by atoms with van der Waals surface area (Å²) in [5.74, 6) is 0.815. The van der Waals surface area contributed by atoms with Crippen LogP contribution in [0.5, 0.6) is 0 Å². The molecule has 0 bridgehead atoms. The van der Waals surface area contributed by atoms with E-state index in [2.05, 4.69) is 23.6 Å². The van der Waals surface area contributed by atoms with Crippen LogP contribution >= 0.6 is 0 Å². The van der Waals surface area contributed by atoms with Gasteiger partial charge in [0.25, 0.3) is 0 Å². The Kier molecular flexibility index (Phi) is 8.22. The van der Waals surface area contributed by atoms with Gasteiger partial charge in [-0.15, -0.1) is 0 Å². The predicted octanol–water partition coefficient (Wildman–Crippen LogP) is 0.846. The molecule has 1 amide bonds. The smallest absolute Gasteiger partial charge is 0.239 e. The van der Waals surface area contributed by atoms with Gasteiger partial charge in [0.05, 0.1) is 6.04 Å². The zero-order valence-electron chi connectivity index (χ0n) is 14.3. The van der Waals surface area contributed by atoms with Crippen molar-refractivity contribution < 1.29 is 4.79 Å². The summed E-state index contributed by atoms with van der Waals surface area (Å²) in [5.41, 5.74) is 5.72. The number of hydrogen-bond acceptors (Lipinski definition) is 4. The molecule has 5 nitrogen and oxygen atoms in total. The Hall–Kier alpha value is -0.650. The van der Waals surface area contributed by atoms with Crippen molar-refractivity contribution in [3.8, 4) is 0 Å². The van der Waals surface area contributed by atoms with Gasteiger partial charge in [-0.1, -0.05) is 6.92 Å². The molecule has 2 N–H and O–H groups in total. The Bertz CT molecular complexity index is 307. The Morgan fingerprint density at radius 1 is 1.14 bits per heavy atom. The molecular weight excluding hydrogens is 264 g/mol. The van der Waals surface area contributed by atoms with Crippen molar-refractivity contribution in [2.24, 2.45) is 11.7 Å². The third-order valence-electron chi connectivity index (χ3n) is 4.58. The summed E-state index contributed by atoms with van der Waals surface area (Å²) in [7, 11) is 0. The Morgan fingerprint density at radius 2 is 1.81 bits per heavy atom. The molecule has 0 saturated carbocycles. The molecular formula is C16H34N4O. The Labute approximate surface area is 130 Å². The highest BCUT2D eigenvalue weighted by Gasteiger charge is 2.26. The lowest BCUT2D eigenvalue weighted by Gasteiger charge is -2.31. The van der Waals surface area contributed by atoms with Gasteiger partial charge in [0, 0.05) is 39.3 Å². The van der Waals surface area contributed by atoms with Crippen LogP contribution in [0.3, 0.4) is 0 Å². The van der Waals surface area contributed by atoms with Gasteiger partial charge in [-0.2, -0.15) is 0 Å². The van der Waals surface area contributed by atoms with Crippen molar-refractivity contribution in [3.05, 3.63) is 0 Å². The summed E-state index contributed by atoms with van der Waals surface area (Å²) in [5, 5.41) is 0. The molecule has 1 fully saturated rings. The minimum absolute atomic E-state index is 0.00298. The maximum Gasteiger partial charge on any atom is 0.239 e. The van der Waals surface area contributed by atoms with E-state index in [1.54, 1.807) is 0 Å². The van der Waals surface area contributed by atoms with Crippen LogP contribution in [0, 0.1) is 5.92 Å². The van der Waals surface area contributed by atoms with Crippen LogP contribution < -0.4 is 5.73 Å². The summed E-state index contributed by atoms with van der Waals surface area (Å²) in [6.45, 7) is 15.9. The molecule has 0 aromatic heterocycles. The van der Waals surface area contributed by atoms with Crippen LogP contribution in [-0.4, -0.2) is 79.0 Å². The lowest BCUT2D eigenvalue weighted by atomic mass is 10.1. The first-order valence-electron chi connectivity index (χ1n) is 8.48.